The lowest BCUT2D eigenvalue weighted by Gasteiger charge is -2.34. The Kier molecular flexibility index (Phi) is 4.88. The monoisotopic (exact) mass is 290 g/mol. The van der Waals surface area contributed by atoms with Gasteiger partial charge in [-0.05, 0) is 44.9 Å². The van der Waals surface area contributed by atoms with Gasteiger partial charge in [-0.2, -0.15) is 0 Å². The molecule has 0 aromatic heterocycles. The summed E-state index contributed by atoms with van der Waals surface area (Å²) >= 11 is 0. The fraction of sp³-hybridized carbons (Fsp3) is 0.588. The Morgan fingerprint density at radius 3 is 2.76 bits per heavy atom. The molecule has 1 aliphatic rings. The average Bonchev–Trinajstić information content (AvgIpc) is 2.93. The minimum absolute atomic E-state index is 0.186. The number of benzene rings is 1. The third-order valence-electron chi connectivity index (χ3n) is 4.47. The molecule has 0 bridgehead atoms. The van der Waals surface area contributed by atoms with E-state index in [-0.39, 0.29) is 17.1 Å². The minimum atomic E-state index is -0.289. The standard InChI is InChI=1S/C17H26N2O2/c1-4-8-17(9-10-18-12-17)16(21)19(5-2)15-11-14(20)7-6-13(15)3/h6-7,11,18,20H,4-5,8-10,12H2,1-3H3. The van der Waals surface area contributed by atoms with Crippen LogP contribution in [0, 0.1) is 12.3 Å². The van der Waals surface area contributed by atoms with E-state index >= 15 is 0 Å². The highest BCUT2D eigenvalue weighted by molar-refractivity contribution is 5.98. The van der Waals surface area contributed by atoms with Crippen LogP contribution >= 0.6 is 0 Å². The van der Waals surface area contributed by atoms with Gasteiger partial charge < -0.3 is 15.3 Å². The highest BCUT2D eigenvalue weighted by Gasteiger charge is 2.43. The van der Waals surface area contributed by atoms with E-state index in [2.05, 4.69) is 12.2 Å². The number of phenols is 1. The smallest absolute Gasteiger partial charge is 0.234 e. The Hall–Kier alpha value is -1.55. The number of aromatic hydroxyl groups is 1. The average molecular weight is 290 g/mol. The Balaban J connectivity index is 2.35. The molecule has 116 valence electrons. The van der Waals surface area contributed by atoms with Crippen LogP contribution in [-0.2, 0) is 4.79 Å². The third kappa shape index (κ3) is 3.05. The van der Waals surface area contributed by atoms with Crippen molar-refractivity contribution in [3.63, 3.8) is 0 Å². The SMILES string of the molecule is CCCC1(C(=O)N(CC)c2cc(O)ccc2C)CCNC1. The summed E-state index contributed by atoms with van der Waals surface area (Å²) < 4.78 is 0. The number of hydrogen-bond donors (Lipinski definition) is 2. The van der Waals surface area contributed by atoms with Gasteiger partial charge in [0.25, 0.3) is 0 Å². The van der Waals surface area contributed by atoms with Crippen molar-refractivity contribution in [2.75, 3.05) is 24.5 Å². The van der Waals surface area contributed by atoms with Crippen LogP contribution in [0.15, 0.2) is 18.2 Å². The maximum Gasteiger partial charge on any atom is 0.234 e. The summed E-state index contributed by atoms with van der Waals surface area (Å²) in [5.41, 5.74) is 1.55. The second kappa shape index (κ2) is 6.48. The number of carbonyl (C=O) groups is 1. The van der Waals surface area contributed by atoms with Gasteiger partial charge in [0.15, 0.2) is 0 Å². The number of hydrogen-bond acceptors (Lipinski definition) is 3. The summed E-state index contributed by atoms with van der Waals surface area (Å²) in [4.78, 5) is 15.0. The molecule has 1 unspecified atom stereocenters. The van der Waals surface area contributed by atoms with Crippen LogP contribution in [-0.4, -0.2) is 30.6 Å². The summed E-state index contributed by atoms with van der Waals surface area (Å²) in [7, 11) is 0. The molecule has 1 aliphatic heterocycles. The van der Waals surface area contributed by atoms with Crippen LogP contribution in [0.25, 0.3) is 0 Å². The summed E-state index contributed by atoms with van der Waals surface area (Å²) in [5.74, 6) is 0.390. The zero-order valence-corrected chi connectivity index (χ0v) is 13.3. The van der Waals surface area contributed by atoms with Gasteiger partial charge in [0.2, 0.25) is 5.91 Å². The number of nitrogens with zero attached hydrogens (tertiary/aromatic N) is 1. The number of phenolic OH excluding ortho intramolecular Hbond substituents is 1. The minimum Gasteiger partial charge on any atom is -0.508 e. The van der Waals surface area contributed by atoms with E-state index in [9.17, 15) is 9.90 Å². The Morgan fingerprint density at radius 1 is 1.43 bits per heavy atom. The maximum atomic E-state index is 13.2. The van der Waals surface area contributed by atoms with E-state index < -0.39 is 0 Å². The maximum absolute atomic E-state index is 13.2. The molecule has 1 atom stereocenters. The van der Waals surface area contributed by atoms with Crippen molar-refractivity contribution in [3.8, 4) is 5.75 Å². The molecule has 1 heterocycles. The third-order valence-corrected chi connectivity index (χ3v) is 4.47. The normalized spacial score (nSPS) is 21.5. The van der Waals surface area contributed by atoms with E-state index in [1.54, 1.807) is 12.1 Å². The van der Waals surface area contributed by atoms with Gasteiger partial charge in [0, 0.05) is 19.2 Å². The molecular weight excluding hydrogens is 264 g/mol. The highest BCUT2D eigenvalue weighted by atomic mass is 16.3. The van der Waals surface area contributed by atoms with Gasteiger partial charge in [0.1, 0.15) is 5.75 Å². The van der Waals surface area contributed by atoms with Crippen LogP contribution < -0.4 is 10.2 Å². The number of anilines is 1. The molecular formula is C17H26N2O2. The molecule has 1 saturated heterocycles. The van der Waals surface area contributed by atoms with Gasteiger partial charge >= 0.3 is 0 Å². The van der Waals surface area contributed by atoms with Crippen molar-refractivity contribution in [2.24, 2.45) is 5.41 Å². The molecule has 1 amide bonds. The lowest BCUT2D eigenvalue weighted by molar-refractivity contribution is -0.127. The van der Waals surface area contributed by atoms with Crippen LogP contribution in [0.2, 0.25) is 0 Å². The molecule has 2 N–H and O–H groups in total. The van der Waals surface area contributed by atoms with Gasteiger partial charge in [-0.15, -0.1) is 0 Å². The van der Waals surface area contributed by atoms with Crippen molar-refractivity contribution >= 4 is 11.6 Å². The quantitative estimate of drug-likeness (QED) is 0.876. The molecule has 0 saturated carbocycles. The fourth-order valence-corrected chi connectivity index (χ4v) is 3.32. The van der Waals surface area contributed by atoms with Gasteiger partial charge in [-0.25, -0.2) is 0 Å². The molecule has 4 nitrogen and oxygen atoms in total. The largest absolute Gasteiger partial charge is 0.508 e. The first kappa shape index (κ1) is 15.8. The van der Waals surface area contributed by atoms with Gasteiger partial charge in [-0.1, -0.05) is 19.4 Å². The number of amides is 1. The van der Waals surface area contributed by atoms with E-state index in [0.29, 0.717) is 6.54 Å². The summed E-state index contributed by atoms with van der Waals surface area (Å²) in [6.07, 6.45) is 2.81. The van der Waals surface area contributed by atoms with Crippen LogP contribution in [0.1, 0.15) is 38.7 Å². The van der Waals surface area contributed by atoms with Crippen molar-refractivity contribution in [2.45, 2.75) is 40.0 Å². The zero-order chi connectivity index (χ0) is 15.5. The van der Waals surface area contributed by atoms with Crippen molar-refractivity contribution < 1.29 is 9.90 Å². The first-order chi connectivity index (χ1) is 10.0. The predicted molar refractivity (Wildman–Crippen MR) is 85.7 cm³/mol. The fourth-order valence-electron chi connectivity index (χ4n) is 3.32. The van der Waals surface area contributed by atoms with Crippen LogP contribution in [0.5, 0.6) is 5.75 Å². The second-order valence-electron chi connectivity index (χ2n) is 5.98. The lowest BCUT2D eigenvalue weighted by Crippen LogP contribution is -2.45. The first-order valence-corrected chi connectivity index (χ1v) is 7.86. The van der Waals surface area contributed by atoms with E-state index in [0.717, 1.165) is 43.6 Å². The second-order valence-corrected chi connectivity index (χ2v) is 5.98. The van der Waals surface area contributed by atoms with Gasteiger partial charge in [0.05, 0.1) is 11.1 Å². The summed E-state index contributed by atoms with van der Waals surface area (Å²) in [5, 5.41) is 13.1. The van der Waals surface area contributed by atoms with Crippen molar-refractivity contribution in [1.82, 2.24) is 5.32 Å². The van der Waals surface area contributed by atoms with E-state index in [1.165, 1.54) is 0 Å². The lowest BCUT2D eigenvalue weighted by atomic mass is 9.80. The summed E-state index contributed by atoms with van der Waals surface area (Å²) in [6.45, 7) is 8.38. The Labute approximate surface area is 127 Å². The Bertz CT molecular complexity index is 508. The molecule has 0 aliphatic carbocycles. The molecule has 0 spiro atoms. The van der Waals surface area contributed by atoms with E-state index in [1.807, 2.05) is 24.8 Å². The number of aryl methyl sites for hydroxylation is 1. The molecule has 2 rings (SSSR count). The predicted octanol–water partition coefficient (Wildman–Crippen LogP) is 2.83. The number of rotatable bonds is 5. The molecule has 1 aromatic carbocycles. The number of carbonyl (C=O) groups excluding carboxylic acids is 1. The molecule has 21 heavy (non-hydrogen) atoms. The number of nitrogens with one attached hydrogen (secondary N) is 1. The van der Waals surface area contributed by atoms with Crippen molar-refractivity contribution in [3.05, 3.63) is 23.8 Å². The Morgan fingerprint density at radius 2 is 2.19 bits per heavy atom. The van der Waals surface area contributed by atoms with Crippen LogP contribution in [0.4, 0.5) is 5.69 Å². The summed E-state index contributed by atoms with van der Waals surface area (Å²) in [6, 6.07) is 5.22. The highest BCUT2D eigenvalue weighted by Crippen LogP contribution is 2.36. The molecule has 1 fully saturated rings. The zero-order valence-electron chi connectivity index (χ0n) is 13.3. The topological polar surface area (TPSA) is 52.6 Å². The molecule has 4 heteroatoms. The van der Waals surface area contributed by atoms with Crippen molar-refractivity contribution in [1.29, 1.82) is 0 Å². The van der Waals surface area contributed by atoms with E-state index in [4.69, 9.17) is 0 Å². The van der Waals surface area contributed by atoms with Gasteiger partial charge in [-0.3, -0.25) is 4.79 Å². The molecule has 0 radical (unpaired) electrons. The van der Waals surface area contributed by atoms with Crippen LogP contribution in [0.3, 0.4) is 0 Å². The molecule has 1 aromatic rings. The first-order valence-electron chi connectivity index (χ1n) is 7.86.